The molecule has 2 heterocycles. The van der Waals surface area contributed by atoms with Crippen LogP contribution < -0.4 is 14.2 Å². The number of carbonyl (C=O) groups is 1. The standard InChI is InChI=1S/C26H21FO4/c27-14-17-6-2-1-5-16(17)11-19-18-7-3-4-8-20(18)26(25(19)28)15-31-22-13-24-23(12-21(22)26)29-9-10-30-24/h1-8,12-13,19H,9-11,14-15H2. The van der Waals surface area contributed by atoms with Crippen LogP contribution >= 0.6 is 0 Å². The van der Waals surface area contributed by atoms with Gasteiger partial charge in [-0.15, -0.1) is 0 Å². The molecular weight excluding hydrogens is 395 g/mol. The minimum Gasteiger partial charge on any atom is -0.491 e. The van der Waals surface area contributed by atoms with Gasteiger partial charge in [-0.25, -0.2) is 4.39 Å². The van der Waals surface area contributed by atoms with Crippen LogP contribution in [0.2, 0.25) is 0 Å². The molecule has 0 saturated heterocycles. The molecule has 0 saturated carbocycles. The molecule has 31 heavy (non-hydrogen) atoms. The van der Waals surface area contributed by atoms with E-state index in [0.29, 0.717) is 42.4 Å². The number of Topliss-reactive ketones (excluding diaryl/α,β-unsaturated/α-hetero) is 1. The van der Waals surface area contributed by atoms with Gasteiger partial charge in [-0.2, -0.15) is 0 Å². The quantitative estimate of drug-likeness (QED) is 0.630. The lowest BCUT2D eigenvalue weighted by Crippen LogP contribution is -2.36. The average Bonchev–Trinajstić information content (AvgIpc) is 3.30. The van der Waals surface area contributed by atoms with E-state index >= 15 is 0 Å². The number of hydrogen-bond acceptors (Lipinski definition) is 4. The Labute approximate surface area is 179 Å². The SMILES string of the molecule is O=C1C(Cc2ccccc2CF)c2ccccc2C12COc1cc3c(cc12)OCCO3. The lowest BCUT2D eigenvalue weighted by molar-refractivity contribution is -0.123. The van der Waals surface area contributed by atoms with E-state index in [1.807, 2.05) is 54.6 Å². The fraction of sp³-hybridized carbons (Fsp3) is 0.269. The molecule has 0 fully saturated rings. The monoisotopic (exact) mass is 416 g/mol. The maximum atomic E-state index is 14.1. The lowest BCUT2D eigenvalue weighted by Gasteiger charge is -2.24. The van der Waals surface area contributed by atoms with E-state index in [9.17, 15) is 9.18 Å². The Balaban J connectivity index is 1.49. The maximum absolute atomic E-state index is 14.1. The molecule has 0 bridgehead atoms. The van der Waals surface area contributed by atoms with E-state index in [1.54, 1.807) is 6.07 Å². The summed E-state index contributed by atoms with van der Waals surface area (Å²) in [7, 11) is 0. The first-order valence-corrected chi connectivity index (χ1v) is 10.6. The normalized spacial score (nSPS) is 22.9. The topological polar surface area (TPSA) is 44.8 Å². The minimum atomic E-state index is -0.878. The first kappa shape index (κ1) is 18.4. The second-order valence-electron chi connectivity index (χ2n) is 8.30. The van der Waals surface area contributed by atoms with Gasteiger partial charge < -0.3 is 14.2 Å². The molecule has 0 radical (unpaired) electrons. The first-order chi connectivity index (χ1) is 15.2. The van der Waals surface area contributed by atoms with Gasteiger partial charge in [0.1, 0.15) is 37.7 Å². The second-order valence-corrected chi connectivity index (χ2v) is 8.30. The first-order valence-electron chi connectivity index (χ1n) is 10.6. The Kier molecular flexibility index (Phi) is 4.07. The number of fused-ring (bicyclic) bond motifs is 5. The smallest absolute Gasteiger partial charge is 0.165 e. The molecule has 3 aromatic rings. The Hall–Kier alpha value is -3.34. The zero-order valence-corrected chi connectivity index (χ0v) is 16.9. The van der Waals surface area contributed by atoms with Crippen molar-refractivity contribution in [1.29, 1.82) is 0 Å². The molecule has 2 unspecified atom stereocenters. The highest BCUT2D eigenvalue weighted by Crippen LogP contribution is 2.56. The highest BCUT2D eigenvalue weighted by atomic mass is 19.1. The van der Waals surface area contributed by atoms with E-state index in [1.165, 1.54) is 0 Å². The summed E-state index contributed by atoms with van der Waals surface area (Å²) in [4.78, 5) is 14.1. The fourth-order valence-corrected chi connectivity index (χ4v) is 5.28. The van der Waals surface area contributed by atoms with Crippen molar-refractivity contribution in [1.82, 2.24) is 0 Å². The van der Waals surface area contributed by atoms with Gasteiger partial charge in [-0.05, 0) is 34.7 Å². The fourth-order valence-electron chi connectivity index (χ4n) is 5.28. The van der Waals surface area contributed by atoms with Crippen LogP contribution in [0.25, 0.3) is 0 Å². The zero-order chi connectivity index (χ0) is 21.0. The van der Waals surface area contributed by atoms with Crippen molar-refractivity contribution in [2.45, 2.75) is 24.4 Å². The molecule has 0 amide bonds. The number of alkyl halides is 1. The van der Waals surface area contributed by atoms with Crippen molar-refractivity contribution in [3.8, 4) is 17.2 Å². The van der Waals surface area contributed by atoms with Crippen molar-refractivity contribution in [2.24, 2.45) is 0 Å². The largest absolute Gasteiger partial charge is 0.491 e. The van der Waals surface area contributed by atoms with Crippen molar-refractivity contribution in [3.63, 3.8) is 0 Å². The zero-order valence-electron chi connectivity index (χ0n) is 16.9. The van der Waals surface area contributed by atoms with Crippen LogP contribution in [0.3, 0.4) is 0 Å². The van der Waals surface area contributed by atoms with Crippen molar-refractivity contribution >= 4 is 5.78 Å². The summed E-state index contributed by atoms with van der Waals surface area (Å²) in [5.41, 5.74) is 3.42. The molecule has 0 N–H and O–H groups in total. The Bertz CT molecular complexity index is 1200. The van der Waals surface area contributed by atoms with Crippen LogP contribution in [-0.4, -0.2) is 25.6 Å². The molecule has 1 spiro atoms. The van der Waals surface area contributed by atoms with Crippen LogP contribution in [-0.2, 0) is 23.3 Å². The summed E-state index contributed by atoms with van der Waals surface area (Å²) >= 11 is 0. The van der Waals surface area contributed by atoms with E-state index < -0.39 is 12.1 Å². The Morgan fingerprint density at radius 3 is 2.35 bits per heavy atom. The van der Waals surface area contributed by atoms with Gasteiger partial charge in [0.2, 0.25) is 0 Å². The van der Waals surface area contributed by atoms with E-state index in [4.69, 9.17) is 14.2 Å². The Morgan fingerprint density at radius 1 is 0.839 bits per heavy atom. The van der Waals surface area contributed by atoms with Gasteiger partial charge in [-0.3, -0.25) is 4.79 Å². The summed E-state index contributed by atoms with van der Waals surface area (Å²) in [5, 5.41) is 0. The summed E-state index contributed by atoms with van der Waals surface area (Å²) in [6, 6.07) is 19.1. The van der Waals surface area contributed by atoms with Crippen LogP contribution in [0.4, 0.5) is 4.39 Å². The van der Waals surface area contributed by atoms with Crippen molar-refractivity contribution in [3.05, 3.63) is 88.5 Å². The molecular formula is C26H21FO4. The molecule has 2 aliphatic heterocycles. The van der Waals surface area contributed by atoms with E-state index in [2.05, 4.69) is 0 Å². The number of carbonyl (C=O) groups excluding carboxylic acids is 1. The number of hydrogen-bond donors (Lipinski definition) is 0. The molecule has 1 aliphatic carbocycles. The van der Waals surface area contributed by atoms with E-state index in [0.717, 1.165) is 22.3 Å². The van der Waals surface area contributed by atoms with Crippen molar-refractivity contribution in [2.75, 3.05) is 19.8 Å². The molecule has 2 atom stereocenters. The van der Waals surface area contributed by atoms with Crippen LogP contribution in [0.15, 0.2) is 60.7 Å². The van der Waals surface area contributed by atoms with Crippen LogP contribution in [0, 0.1) is 0 Å². The predicted octanol–water partition coefficient (Wildman–Crippen LogP) is 4.51. The van der Waals surface area contributed by atoms with E-state index in [-0.39, 0.29) is 18.3 Å². The molecule has 0 aromatic heterocycles. The third kappa shape index (κ3) is 2.55. The Morgan fingerprint density at radius 2 is 1.55 bits per heavy atom. The summed E-state index contributed by atoms with van der Waals surface area (Å²) < 4.78 is 31.1. The minimum absolute atomic E-state index is 0.0952. The molecule has 6 rings (SSSR count). The molecule has 5 heteroatoms. The summed E-state index contributed by atoms with van der Waals surface area (Å²) in [6.45, 7) is 0.684. The molecule has 3 aromatic carbocycles. The van der Waals surface area contributed by atoms with Gasteiger partial charge in [0.05, 0.1) is 0 Å². The summed E-state index contributed by atoms with van der Waals surface area (Å²) in [5.74, 6) is 1.70. The average molecular weight is 416 g/mol. The van der Waals surface area contributed by atoms with Crippen LogP contribution in [0.5, 0.6) is 17.2 Å². The molecule has 4 nitrogen and oxygen atoms in total. The molecule has 3 aliphatic rings. The third-order valence-electron chi connectivity index (χ3n) is 6.77. The van der Waals surface area contributed by atoms with Gasteiger partial charge in [-0.1, -0.05) is 48.5 Å². The number of halogens is 1. The number of ether oxygens (including phenoxy) is 3. The third-order valence-corrected chi connectivity index (χ3v) is 6.77. The van der Waals surface area contributed by atoms with Crippen molar-refractivity contribution < 1.29 is 23.4 Å². The maximum Gasteiger partial charge on any atom is 0.165 e. The molecule has 156 valence electrons. The van der Waals surface area contributed by atoms with Gasteiger partial charge in [0.25, 0.3) is 0 Å². The van der Waals surface area contributed by atoms with Crippen LogP contribution in [0.1, 0.15) is 33.7 Å². The highest BCUT2D eigenvalue weighted by molar-refractivity contribution is 6.05. The van der Waals surface area contributed by atoms with Gasteiger partial charge >= 0.3 is 0 Å². The van der Waals surface area contributed by atoms with Gasteiger partial charge in [0.15, 0.2) is 17.3 Å². The lowest BCUT2D eigenvalue weighted by atomic mass is 9.75. The number of ketones is 1. The predicted molar refractivity (Wildman–Crippen MR) is 113 cm³/mol. The summed E-state index contributed by atoms with van der Waals surface area (Å²) in [6.07, 6.45) is 0.470. The number of rotatable bonds is 3. The second kappa shape index (κ2) is 6.84. The number of benzene rings is 3. The van der Waals surface area contributed by atoms with Gasteiger partial charge in [0, 0.05) is 17.5 Å². The highest BCUT2D eigenvalue weighted by Gasteiger charge is 2.57.